The molecule has 0 aromatic carbocycles. The predicted octanol–water partition coefficient (Wildman–Crippen LogP) is 0.372. The summed E-state index contributed by atoms with van der Waals surface area (Å²) in [5.74, 6) is 0. The molecule has 0 radical (unpaired) electrons. The van der Waals surface area contributed by atoms with Gasteiger partial charge in [0.05, 0.1) is 11.6 Å². The first-order chi connectivity index (χ1) is 5.69. The standard InChI is InChI=1S/C8H5N3O/c1-6-2-7(4-9)3-8(5-10)11(6)12/h2-3H,1H3. The van der Waals surface area contributed by atoms with E-state index in [9.17, 15) is 5.21 Å². The molecule has 0 saturated carbocycles. The summed E-state index contributed by atoms with van der Waals surface area (Å²) in [5, 5.41) is 28.0. The lowest BCUT2D eigenvalue weighted by Gasteiger charge is -2.00. The molecule has 1 aromatic heterocycles. The first-order valence-corrected chi connectivity index (χ1v) is 3.23. The molecule has 4 nitrogen and oxygen atoms in total. The highest BCUT2D eigenvalue weighted by molar-refractivity contribution is 5.32. The van der Waals surface area contributed by atoms with Gasteiger partial charge in [0.25, 0.3) is 5.69 Å². The molecule has 0 saturated heterocycles. The number of nitriles is 2. The lowest BCUT2D eigenvalue weighted by molar-refractivity contribution is -0.615. The largest absolute Gasteiger partial charge is 0.618 e. The Morgan fingerprint density at radius 3 is 2.50 bits per heavy atom. The van der Waals surface area contributed by atoms with Gasteiger partial charge >= 0.3 is 0 Å². The molecular formula is C8H5N3O. The van der Waals surface area contributed by atoms with Crippen molar-refractivity contribution >= 4 is 0 Å². The minimum absolute atomic E-state index is 0.0495. The molecule has 0 aliphatic heterocycles. The molecule has 0 bridgehead atoms. The van der Waals surface area contributed by atoms with Crippen LogP contribution < -0.4 is 4.73 Å². The maximum Gasteiger partial charge on any atom is 0.296 e. The molecule has 58 valence electrons. The highest BCUT2D eigenvalue weighted by Crippen LogP contribution is 2.00. The van der Waals surface area contributed by atoms with E-state index in [1.165, 1.54) is 12.1 Å². The molecule has 1 heterocycles. The van der Waals surface area contributed by atoms with Gasteiger partial charge in [-0.3, -0.25) is 0 Å². The van der Waals surface area contributed by atoms with Gasteiger partial charge in [0.15, 0.2) is 11.8 Å². The van der Waals surface area contributed by atoms with Crippen LogP contribution in [0.15, 0.2) is 12.1 Å². The SMILES string of the molecule is Cc1cc(C#N)cc(C#N)[n+]1[O-]. The van der Waals surface area contributed by atoms with E-state index < -0.39 is 0 Å². The van der Waals surface area contributed by atoms with Gasteiger partial charge in [-0.15, -0.1) is 0 Å². The number of hydrogen-bond donors (Lipinski definition) is 0. The van der Waals surface area contributed by atoms with Gasteiger partial charge in [0.2, 0.25) is 0 Å². The zero-order valence-corrected chi connectivity index (χ0v) is 6.40. The van der Waals surface area contributed by atoms with Gasteiger partial charge in [0, 0.05) is 19.1 Å². The summed E-state index contributed by atoms with van der Waals surface area (Å²) in [7, 11) is 0. The third-order valence-electron chi connectivity index (χ3n) is 1.44. The molecule has 1 rings (SSSR count). The van der Waals surface area contributed by atoms with Crippen LogP contribution in [0.2, 0.25) is 0 Å². The minimum Gasteiger partial charge on any atom is -0.618 e. The van der Waals surface area contributed by atoms with Gasteiger partial charge in [-0.2, -0.15) is 15.3 Å². The second-order valence-corrected chi connectivity index (χ2v) is 2.29. The molecule has 0 unspecified atom stereocenters. The predicted molar refractivity (Wildman–Crippen MR) is 39.6 cm³/mol. The summed E-state index contributed by atoms with van der Waals surface area (Å²) in [6.07, 6.45) is 0. The maximum atomic E-state index is 11.1. The van der Waals surface area contributed by atoms with Gasteiger partial charge in [-0.05, 0) is 0 Å². The van der Waals surface area contributed by atoms with Crippen molar-refractivity contribution in [3.05, 3.63) is 34.3 Å². The molecule has 0 atom stereocenters. The van der Waals surface area contributed by atoms with Crippen molar-refractivity contribution in [3.8, 4) is 12.1 Å². The van der Waals surface area contributed by atoms with Crippen molar-refractivity contribution in [3.63, 3.8) is 0 Å². The molecule has 4 heteroatoms. The average molecular weight is 159 g/mol. The monoisotopic (exact) mass is 159 g/mol. The fraction of sp³-hybridized carbons (Fsp3) is 0.125. The number of aromatic nitrogens is 1. The van der Waals surface area contributed by atoms with Crippen molar-refractivity contribution in [1.82, 2.24) is 0 Å². The average Bonchev–Trinajstić information content (AvgIpc) is 2.09. The molecule has 0 aliphatic carbocycles. The van der Waals surface area contributed by atoms with Crippen LogP contribution in [-0.4, -0.2) is 0 Å². The number of pyridine rings is 1. The summed E-state index contributed by atoms with van der Waals surface area (Å²) < 4.78 is 0.501. The van der Waals surface area contributed by atoms with Crippen LogP contribution in [0.3, 0.4) is 0 Å². The number of hydrogen-bond acceptors (Lipinski definition) is 3. The topological polar surface area (TPSA) is 74.5 Å². The van der Waals surface area contributed by atoms with Crippen LogP contribution in [0.25, 0.3) is 0 Å². The molecule has 0 fully saturated rings. The smallest absolute Gasteiger partial charge is 0.296 e. The van der Waals surface area contributed by atoms with Crippen LogP contribution in [0.4, 0.5) is 0 Å². The summed E-state index contributed by atoms with van der Waals surface area (Å²) in [4.78, 5) is 0. The highest BCUT2D eigenvalue weighted by Gasteiger charge is 2.09. The minimum atomic E-state index is -0.0495. The van der Waals surface area contributed by atoms with Crippen molar-refractivity contribution in [2.24, 2.45) is 0 Å². The molecule has 0 N–H and O–H groups in total. The van der Waals surface area contributed by atoms with Gasteiger partial charge < -0.3 is 5.21 Å². The van der Waals surface area contributed by atoms with Gasteiger partial charge in [0.1, 0.15) is 0 Å². The highest BCUT2D eigenvalue weighted by atomic mass is 16.5. The van der Waals surface area contributed by atoms with Crippen LogP contribution in [0, 0.1) is 34.8 Å². The Morgan fingerprint density at radius 2 is 2.00 bits per heavy atom. The Morgan fingerprint density at radius 1 is 1.33 bits per heavy atom. The fourth-order valence-corrected chi connectivity index (χ4v) is 0.863. The van der Waals surface area contributed by atoms with E-state index in [0.717, 1.165) is 0 Å². The normalized spacial score (nSPS) is 8.58. The van der Waals surface area contributed by atoms with Crippen LogP contribution in [-0.2, 0) is 0 Å². The first-order valence-electron chi connectivity index (χ1n) is 3.23. The quantitative estimate of drug-likeness (QED) is 0.405. The van der Waals surface area contributed by atoms with E-state index in [0.29, 0.717) is 16.0 Å². The lowest BCUT2D eigenvalue weighted by Crippen LogP contribution is -2.34. The van der Waals surface area contributed by atoms with E-state index in [1.54, 1.807) is 13.0 Å². The van der Waals surface area contributed by atoms with Crippen molar-refractivity contribution in [2.75, 3.05) is 0 Å². The van der Waals surface area contributed by atoms with Gasteiger partial charge in [-0.1, -0.05) is 0 Å². The zero-order valence-electron chi connectivity index (χ0n) is 6.40. The molecular weight excluding hydrogens is 154 g/mol. The molecule has 12 heavy (non-hydrogen) atoms. The zero-order chi connectivity index (χ0) is 9.14. The summed E-state index contributed by atoms with van der Waals surface area (Å²) in [6.45, 7) is 1.55. The fourth-order valence-electron chi connectivity index (χ4n) is 0.863. The lowest BCUT2D eigenvalue weighted by atomic mass is 10.2. The Bertz CT molecular complexity index is 398. The van der Waals surface area contributed by atoms with Gasteiger partial charge in [-0.25, -0.2) is 0 Å². The molecule has 1 aromatic rings. The van der Waals surface area contributed by atoms with Crippen molar-refractivity contribution in [1.29, 1.82) is 10.5 Å². The third kappa shape index (κ3) is 1.18. The first kappa shape index (κ1) is 8.03. The number of rotatable bonds is 0. The van der Waals surface area contributed by atoms with Crippen molar-refractivity contribution < 1.29 is 4.73 Å². The summed E-state index contributed by atoms with van der Waals surface area (Å²) in [6, 6.07) is 6.28. The Labute approximate surface area is 69.5 Å². The van der Waals surface area contributed by atoms with E-state index in [-0.39, 0.29) is 5.69 Å². The Balaban J connectivity index is 3.44. The van der Waals surface area contributed by atoms with E-state index in [1.807, 2.05) is 6.07 Å². The van der Waals surface area contributed by atoms with E-state index in [4.69, 9.17) is 10.5 Å². The van der Waals surface area contributed by atoms with Crippen LogP contribution in [0.5, 0.6) is 0 Å². The van der Waals surface area contributed by atoms with Crippen molar-refractivity contribution in [2.45, 2.75) is 6.92 Å². The second kappa shape index (κ2) is 2.89. The van der Waals surface area contributed by atoms with E-state index in [2.05, 4.69) is 0 Å². The van der Waals surface area contributed by atoms with Crippen LogP contribution in [0.1, 0.15) is 17.0 Å². The number of aryl methyl sites for hydroxylation is 1. The summed E-state index contributed by atoms with van der Waals surface area (Å²) in [5.41, 5.74) is 0.633. The van der Waals surface area contributed by atoms with Crippen LogP contribution >= 0.6 is 0 Å². The Kier molecular flexibility index (Phi) is 1.94. The molecule has 0 spiro atoms. The Hall–Kier alpha value is -2.07. The summed E-state index contributed by atoms with van der Waals surface area (Å²) >= 11 is 0. The second-order valence-electron chi connectivity index (χ2n) is 2.29. The third-order valence-corrected chi connectivity index (χ3v) is 1.44. The molecule has 0 aliphatic rings. The number of nitrogens with zero attached hydrogens (tertiary/aromatic N) is 3. The maximum absolute atomic E-state index is 11.1. The van der Waals surface area contributed by atoms with E-state index >= 15 is 0 Å². The molecule has 0 amide bonds.